The van der Waals surface area contributed by atoms with Crippen molar-refractivity contribution in [1.82, 2.24) is 4.72 Å². The number of nitrogens with one attached hydrogen (secondary N) is 1. The summed E-state index contributed by atoms with van der Waals surface area (Å²) < 4.78 is 48.9. The number of aliphatic hydroxyl groups is 6. The van der Waals surface area contributed by atoms with Gasteiger partial charge in [-0.25, -0.2) is 13.1 Å². The van der Waals surface area contributed by atoms with Crippen LogP contribution in [0.1, 0.15) is 20.3 Å². The molecule has 0 amide bonds. The van der Waals surface area contributed by atoms with Gasteiger partial charge in [-0.15, -0.1) is 0 Å². The molecule has 0 aromatic carbocycles. The molecule has 0 bridgehead atoms. The van der Waals surface area contributed by atoms with E-state index in [0.717, 1.165) is 6.26 Å². The monoisotopic (exact) mass is 560 g/mol. The van der Waals surface area contributed by atoms with Crippen LogP contribution in [0.25, 0.3) is 0 Å². The second kappa shape index (κ2) is 11.9. The molecule has 3 rings (SSSR count). The molecule has 1 saturated carbocycles. The number of hydrogen-bond donors (Lipinski definition) is 10. The Balaban J connectivity index is 1.88. The van der Waals surface area contributed by atoms with Crippen LogP contribution < -0.4 is 21.9 Å². The van der Waals surface area contributed by atoms with Crippen molar-refractivity contribution in [3.63, 3.8) is 0 Å². The molecule has 2 saturated heterocycles. The van der Waals surface area contributed by atoms with Gasteiger partial charge in [0, 0.05) is 12.1 Å². The van der Waals surface area contributed by atoms with Gasteiger partial charge in [0.15, 0.2) is 12.6 Å². The van der Waals surface area contributed by atoms with E-state index in [9.17, 15) is 39.1 Å². The first-order chi connectivity index (χ1) is 17.0. The maximum absolute atomic E-state index is 11.9. The average Bonchev–Trinajstić information content (AvgIpc) is 3.06. The Hall–Kier alpha value is -0.610. The first-order valence-corrected chi connectivity index (χ1v) is 13.9. The molecule has 3 aliphatic rings. The van der Waals surface area contributed by atoms with E-state index in [2.05, 4.69) is 4.72 Å². The van der Waals surface area contributed by atoms with E-state index in [1.54, 1.807) is 6.92 Å². The largest absolute Gasteiger partial charge is 0.391 e. The van der Waals surface area contributed by atoms with E-state index in [-0.39, 0.29) is 6.42 Å². The van der Waals surface area contributed by atoms with E-state index in [1.807, 2.05) is 0 Å². The Kier molecular flexibility index (Phi) is 9.92. The van der Waals surface area contributed by atoms with Crippen molar-refractivity contribution >= 4 is 10.0 Å². The number of sulfonamides is 1. The molecule has 1 aliphatic carbocycles. The Morgan fingerprint density at radius 1 is 0.865 bits per heavy atom. The maximum Gasteiger partial charge on any atom is 0.209 e. The van der Waals surface area contributed by atoms with Crippen molar-refractivity contribution in [2.45, 2.75) is 118 Å². The van der Waals surface area contributed by atoms with Crippen molar-refractivity contribution in [3.05, 3.63) is 0 Å². The van der Waals surface area contributed by atoms with Crippen LogP contribution >= 0.6 is 0 Å². The Morgan fingerprint density at radius 2 is 1.41 bits per heavy atom. The highest BCUT2D eigenvalue weighted by atomic mass is 32.2. The van der Waals surface area contributed by atoms with Crippen molar-refractivity contribution in [1.29, 1.82) is 0 Å². The van der Waals surface area contributed by atoms with Crippen LogP contribution in [0.4, 0.5) is 0 Å². The van der Waals surface area contributed by atoms with E-state index < -0.39 is 108 Å². The molecule has 218 valence electrons. The molecule has 16 atom stereocenters. The van der Waals surface area contributed by atoms with Gasteiger partial charge in [0.25, 0.3) is 0 Å². The Morgan fingerprint density at radius 3 is 1.92 bits per heavy atom. The second-order valence-electron chi connectivity index (χ2n) is 10.2. The lowest BCUT2D eigenvalue weighted by Crippen LogP contribution is -2.69. The van der Waals surface area contributed by atoms with Gasteiger partial charge >= 0.3 is 0 Å². The molecule has 2 heterocycles. The number of nitrogens with two attached hydrogens (primary N) is 3. The van der Waals surface area contributed by atoms with Gasteiger partial charge in [0.1, 0.15) is 48.8 Å². The SMILES string of the molecule is C[C@H](N)[C@H]1O[C@@H](O[C@@H]2C(O)[C@H](NS(C)(=O)=O)CC(N)[C@H]2O[C@H]2OC([C@@H](C)O)[C@@H](O)[C@H](O)C2N)C(O)[C@H]1O. The summed E-state index contributed by atoms with van der Waals surface area (Å²) in [5, 5.41) is 62.4. The number of ether oxygens (including phenoxy) is 4. The van der Waals surface area contributed by atoms with Crippen molar-refractivity contribution in [3.8, 4) is 0 Å². The van der Waals surface area contributed by atoms with Crippen LogP contribution in [0.15, 0.2) is 0 Å². The minimum absolute atomic E-state index is 0.120. The molecule has 0 aromatic heterocycles. The highest BCUT2D eigenvalue weighted by Crippen LogP contribution is 2.33. The lowest BCUT2D eigenvalue weighted by Gasteiger charge is -2.48. The number of rotatable bonds is 8. The minimum atomic E-state index is -3.79. The van der Waals surface area contributed by atoms with Gasteiger partial charge < -0.3 is 66.8 Å². The van der Waals surface area contributed by atoms with Gasteiger partial charge in [0.05, 0.1) is 30.5 Å². The van der Waals surface area contributed by atoms with Crippen LogP contribution in [-0.4, -0.2) is 143 Å². The molecule has 17 heteroatoms. The summed E-state index contributed by atoms with van der Waals surface area (Å²) in [6.45, 7) is 2.88. The first kappa shape index (κ1) is 30.9. The Labute approximate surface area is 214 Å². The third-order valence-corrected chi connectivity index (χ3v) is 7.64. The highest BCUT2D eigenvalue weighted by molar-refractivity contribution is 7.88. The topological polar surface area (TPSA) is 283 Å². The Bertz CT molecular complexity index is 868. The fourth-order valence-electron chi connectivity index (χ4n) is 4.92. The van der Waals surface area contributed by atoms with Crippen LogP contribution in [0, 0.1) is 0 Å². The minimum Gasteiger partial charge on any atom is -0.391 e. The average molecular weight is 561 g/mol. The first-order valence-electron chi connectivity index (χ1n) is 12.0. The lowest BCUT2D eigenvalue weighted by molar-refractivity contribution is -0.315. The van der Waals surface area contributed by atoms with Crippen molar-refractivity contribution < 1.29 is 58.0 Å². The normalized spacial score (nSPS) is 49.1. The van der Waals surface area contributed by atoms with Crippen LogP contribution in [0.5, 0.6) is 0 Å². The van der Waals surface area contributed by atoms with E-state index >= 15 is 0 Å². The van der Waals surface area contributed by atoms with Gasteiger partial charge in [-0.05, 0) is 20.3 Å². The summed E-state index contributed by atoms with van der Waals surface area (Å²) in [5.74, 6) is 0. The maximum atomic E-state index is 11.9. The van der Waals surface area contributed by atoms with Crippen LogP contribution in [0.3, 0.4) is 0 Å². The smallest absolute Gasteiger partial charge is 0.209 e. The van der Waals surface area contributed by atoms with Crippen molar-refractivity contribution in [2.75, 3.05) is 6.26 Å². The molecule has 5 unspecified atom stereocenters. The molecule has 13 N–H and O–H groups in total. The third-order valence-electron chi connectivity index (χ3n) is 6.91. The third kappa shape index (κ3) is 6.76. The lowest BCUT2D eigenvalue weighted by atomic mass is 9.84. The predicted octanol–water partition coefficient (Wildman–Crippen LogP) is -6.28. The molecule has 2 aliphatic heterocycles. The number of aliphatic hydroxyl groups excluding tert-OH is 6. The molecular formula is C20H40N4O12S. The zero-order valence-corrected chi connectivity index (χ0v) is 21.5. The zero-order valence-electron chi connectivity index (χ0n) is 20.7. The van der Waals surface area contributed by atoms with Crippen molar-refractivity contribution in [2.24, 2.45) is 17.2 Å². The molecular weight excluding hydrogens is 520 g/mol. The molecule has 3 fully saturated rings. The standard InChI is InChI=1S/C20H40N4O12S/c1-5(21)15-13(29)14(30)20(33-15)36-18-10(26)8(24-37(3,31)32)4-7(22)17(18)35-19-9(23)11(27)12(28)16(34-19)6(2)25/h5-20,24-30H,4,21-23H2,1-3H3/t5-,6+,7?,8+,9?,10?,11+,12-,13+,14?,15+,16?,17+,18+,19+,20-/m0/s1. The summed E-state index contributed by atoms with van der Waals surface area (Å²) in [7, 11) is -3.79. The molecule has 0 radical (unpaired) electrons. The van der Waals surface area contributed by atoms with Gasteiger partial charge in [0.2, 0.25) is 10.0 Å². The van der Waals surface area contributed by atoms with Gasteiger partial charge in [-0.2, -0.15) is 0 Å². The molecule has 37 heavy (non-hydrogen) atoms. The molecule has 0 aromatic rings. The summed E-state index contributed by atoms with van der Waals surface area (Å²) in [5.41, 5.74) is 18.1. The molecule has 16 nitrogen and oxygen atoms in total. The summed E-state index contributed by atoms with van der Waals surface area (Å²) in [6.07, 6.45) is -16.1. The zero-order chi connectivity index (χ0) is 28.0. The highest BCUT2D eigenvalue weighted by Gasteiger charge is 2.53. The number of hydrogen-bond acceptors (Lipinski definition) is 15. The van der Waals surface area contributed by atoms with E-state index in [1.165, 1.54) is 6.92 Å². The second-order valence-corrected chi connectivity index (χ2v) is 11.9. The summed E-state index contributed by atoms with van der Waals surface area (Å²) in [4.78, 5) is 0. The van der Waals surface area contributed by atoms with E-state index in [0.29, 0.717) is 0 Å². The fourth-order valence-corrected chi connectivity index (χ4v) is 5.71. The summed E-state index contributed by atoms with van der Waals surface area (Å²) >= 11 is 0. The quantitative estimate of drug-likeness (QED) is 0.132. The van der Waals surface area contributed by atoms with Gasteiger partial charge in [-0.3, -0.25) is 0 Å². The molecule has 0 spiro atoms. The predicted molar refractivity (Wildman–Crippen MR) is 125 cm³/mol. The van der Waals surface area contributed by atoms with Crippen LogP contribution in [0.2, 0.25) is 0 Å². The van der Waals surface area contributed by atoms with Crippen LogP contribution in [-0.2, 0) is 29.0 Å². The van der Waals surface area contributed by atoms with Gasteiger partial charge in [-0.1, -0.05) is 0 Å². The van der Waals surface area contributed by atoms with E-state index in [4.69, 9.17) is 36.1 Å². The fraction of sp³-hybridized carbons (Fsp3) is 1.00. The summed E-state index contributed by atoms with van der Waals surface area (Å²) in [6, 6.07) is -4.13.